The molecule has 5 aromatic carbocycles. The second-order valence-electron chi connectivity index (χ2n) is 16.0. The minimum absolute atomic E-state index is 0.233. The molecular formula is C60H59N. The average molecular weight is 794 g/mol. The van der Waals surface area contributed by atoms with E-state index in [2.05, 4.69) is 196 Å². The van der Waals surface area contributed by atoms with Crippen molar-refractivity contribution < 1.29 is 0 Å². The Morgan fingerprint density at radius 1 is 0.623 bits per heavy atom. The summed E-state index contributed by atoms with van der Waals surface area (Å²) in [6.07, 6.45) is 34.4. The smallest absolute Gasteiger partial charge is 0.0529 e. The highest BCUT2D eigenvalue weighted by atomic mass is 14.7. The van der Waals surface area contributed by atoms with Crippen molar-refractivity contribution in [3.05, 3.63) is 228 Å². The zero-order valence-corrected chi connectivity index (χ0v) is 36.6. The third kappa shape index (κ3) is 6.76. The van der Waals surface area contributed by atoms with Gasteiger partial charge in [-0.1, -0.05) is 204 Å². The Bertz CT molecular complexity index is 2690. The summed E-state index contributed by atoms with van der Waals surface area (Å²) in [5.74, 6) is 0.487. The number of hydrogen-bond donors (Lipinski definition) is 0. The molecule has 1 heterocycles. The molecule has 0 spiro atoms. The summed E-state index contributed by atoms with van der Waals surface area (Å²) < 4.78 is 0. The van der Waals surface area contributed by atoms with Gasteiger partial charge < -0.3 is 0 Å². The molecule has 10 rings (SSSR count). The molecule has 0 N–H and O–H groups in total. The Labute approximate surface area is 365 Å². The number of nitrogens with zero attached hydrogens (tertiary/aromatic N) is 1. The topological polar surface area (TPSA) is 12.4 Å². The molecule has 1 aliphatic heterocycles. The third-order valence-electron chi connectivity index (χ3n) is 13.3. The number of dihydropyridines is 1. The van der Waals surface area contributed by atoms with Crippen LogP contribution in [-0.2, 0) is 10.8 Å². The van der Waals surface area contributed by atoms with Crippen molar-refractivity contribution in [3.63, 3.8) is 0 Å². The van der Waals surface area contributed by atoms with Crippen molar-refractivity contribution in [3.8, 4) is 44.5 Å². The predicted octanol–water partition coefficient (Wildman–Crippen LogP) is 16.0. The Kier molecular flexibility index (Phi) is 12.3. The quantitative estimate of drug-likeness (QED) is 0.139. The molecule has 0 radical (unpaired) electrons. The number of hydrogen-bond acceptors (Lipinski definition) is 1. The van der Waals surface area contributed by atoms with Crippen LogP contribution in [0.2, 0.25) is 0 Å². The zero-order valence-electron chi connectivity index (χ0n) is 36.6. The molecule has 5 aliphatic rings. The average Bonchev–Trinajstić information content (AvgIpc) is 3.81. The van der Waals surface area contributed by atoms with Crippen molar-refractivity contribution in [1.29, 1.82) is 0 Å². The molecule has 0 saturated carbocycles. The van der Waals surface area contributed by atoms with E-state index in [1.165, 1.54) is 77.9 Å². The van der Waals surface area contributed by atoms with Gasteiger partial charge in [-0.2, -0.15) is 0 Å². The molecule has 304 valence electrons. The monoisotopic (exact) mass is 793 g/mol. The SMILES string of the molecule is C=C/C=C(\C=C/C)C1(C2C=CC=CC2)c2ccccc2-c2ccc(-c3cccc(-c4ccc5c(c4)C(C4=CC=CCC4)(C4C=CC=NC4)c4ccccc4-5)c3)cc21.CC.CC. The van der Waals surface area contributed by atoms with Crippen molar-refractivity contribution in [2.45, 2.75) is 64.7 Å². The lowest BCUT2D eigenvalue weighted by Gasteiger charge is -2.41. The van der Waals surface area contributed by atoms with E-state index in [9.17, 15) is 0 Å². The van der Waals surface area contributed by atoms with Gasteiger partial charge in [0.1, 0.15) is 0 Å². The van der Waals surface area contributed by atoms with Crippen LogP contribution in [0, 0.1) is 11.8 Å². The molecule has 0 fully saturated rings. The maximum absolute atomic E-state index is 4.85. The fraction of sp³-hybridized carbons (Fsp3) is 0.217. The van der Waals surface area contributed by atoms with E-state index in [4.69, 9.17) is 4.99 Å². The highest BCUT2D eigenvalue weighted by Gasteiger charge is 2.51. The number of aliphatic imine (C=N–C) groups is 1. The Morgan fingerprint density at radius 2 is 1.26 bits per heavy atom. The summed E-state index contributed by atoms with van der Waals surface area (Å²) in [6, 6.07) is 41.8. The van der Waals surface area contributed by atoms with E-state index in [-0.39, 0.29) is 22.7 Å². The van der Waals surface area contributed by atoms with Crippen LogP contribution in [0.3, 0.4) is 0 Å². The molecule has 4 aliphatic carbocycles. The van der Waals surface area contributed by atoms with Crippen LogP contribution in [0.25, 0.3) is 44.5 Å². The summed E-state index contributed by atoms with van der Waals surface area (Å²) in [6.45, 7) is 15.1. The van der Waals surface area contributed by atoms with Gasteiger partial charge in [-0.3, -0.25) is 4.99 Å². The molecule has 4 unspecified atom stereocenters. The van der Waals surface area contributed by atoms with Gasteiger partial charge in [0.25, 0.3) is 0 Å². The van der Waals surface area contributed by atoms with E-state index >= 15 is 0 Å². The molecule has 0 amide bonds. The van der Waals surface area contributed by atoms with Gasteiger partial charge in [-0.05, 0) is 129 Å². The van der Waals surface area contributed by atoms with Crippen LogP contribution in [-0.4, -0.2) is 12.8 Å². The largest absolute Gasteiger partial charge is 0.293 e. The van der Waals surface area contributed by atoms with Crippen molar-refractivity contribution in [2.75, 3.05) is 6.54 Å². The van der Waals surface area contributed by atoms with Crippen molar-refractivity contribution in [1.82, 2.24) is 0 Å². The van der Waals surface area contributed by atoms with E-state index in [0.29, 0.717) is 0 Å². The first-order valence-electron chi connectivity index (χ1n) is 22.6. The predicted molar refractivity (Wildman–Crippen MR) is 264 cm³/mol. The number of benzene rings is 5. The lowest BCUT2D eigenvalue weighted by molar-refractivity contribution is 0.442. The van der Waals surface area contributed by atoms with Gasteiger partial charge in [0.15, 0.2) is 0 Å². The van der Waals surface area contributed by atoms with Crippen LogP contribution in [0.15, 0.2) is 211 Å². The van der Waals surface area contributed by atoms with Gasteiger partial charge in [0.2, 0.25) is 0 Å². The Morgan fingerprint density at radius 3 is 1.90 bits per heavy atom. The third-order valence-corrected chi connectivity index (χ3v) is 13.3. The second kappa shape index (κ2) is 18.1. The minimum atomic E-state index is -0.361. The van der Waals surface area contributed by atoms with Crippen molar-refractivity contribution in [2.24, 2.45) is 16.8 Å². The molecular weight excluding hydrogens is 735 g/mol. The van der Waals surface area contributed by atoms with Gasteiger partial charge >= 0.3 is 0 Å². The standard InChI is InChI=1S/C56H47N.2C2H6/c1-3-17-43(18-4-2)55(44-21-7-5-8-22-44)51-28-13-11-26-47(51)49-32-30-41(36-53(49)55)39-19-15-20-40(35-39)42-31-33-50-48-27-12-14-29-52(48)56(54(50)37-42,45-23-9-6-10-24-45)46-25-16-34-57-38-46;2*1-2/h3-9,11-21,23,25-37,44,46H,1,10,22,24,38H2,2H3;2*1-2H3/b18-4-,43-17+;;. The van der Waals surface area contributed by atoms with Gasteiger partial charge in [-0.15, -0.1) is 0 Å². The fourth-order valence-corrected chi connectivity index (χ4v) is 11.0. The molecule has 1 nitrogen and oxygen atoms in total. The fourth-order valence-electron chi connectivity index (χ4n) is 11.0. The first kappa shape index (κ1) is 41.4. The van der Waals surface area contributed by atoms with Crippen LogP contribution in [0.4, 0.5) is 0 Å². The van der Waals surface area contributed by atoms with E-state index in [1.54, 1.807) is 0 Å². The van der Waals surface area contributed by atoms with E-state index in [1.807, 2.05) is 40.0 Å². The van der Waals surface area contributed by atoms with Gasteiger partial charge in [0.05, 0.1) is 10.8 Å². The Hall–Kier alpha value is -6.31. The first-order valence-corrected chi connectivity index (χ1v) is 22.6. The summed E-state index contributed by atoms with van der Waals surface area (Å²) >= 11 is 0. The lowest BCUT2D eigenvalue weighted by atomic mass is 9.61. The van der Waals surface area contributed by atoms with Crippen LogP contribution in [0.5, 0.6) is 0 Å². The van der Waals surface area contributed by atoms with E-state index < -0.39 is 0 Å². The molecule has 1 heteroatoms. The summed E-state index contributed by atoms with van der Waals surface area (Å²) in [4.78, 5) is 4.85. The maximum Gasteiger partial charge on any atom is 0.0529 e. The van der Waals surface area contributed by atoms with Crippen LogP contribution < -0.4 is 0 Å². The van der Waals surface area contributed by atoms with E-state index in [0.717, 1.165) is 25.8 Å². The second-order valence-corrected chi connectivity index (χ2v) is 16.0. The highest BCUT2D eigenvalue weighted by molar-refractivity contribution is 5.89. The van der Waals surface area contributed by atoms with Crippen LogP contribution in [0.1, 0.15) is 76.1 Å². The number of rotatable bonds is 8. The molecule has 61 heavy (non-hydrogen) atoms. The normalized spacial score (nSPS) is 22.6. The summed E-state index contributed by atoms with van der Waals surface area (Å²) in [7, 11) is 0. The highest BCUT2D eigenvalue weighted by Crippen LogP contribution is 2.61. The Balaban J connectivity index is 0.00000125. The zero-order chi connectivity index (χ0) is 42.4. The lowest BCUT2D eigenvalue weighted by Crippen LogP contribution is -2.38. The number of fused-ring (bicyclic) bond motifs is 6. The van der Waals surface area contributed by atoms with Gasteiger partial charge in [0, 0.05) is 18.7 Å². The molecule has 4 atom stereocenters. The van der Waals surface area contributed by atoms with Crippen molar-refractivity contribution >= 4 is 6.21 Å². The molecule has 0 aromatic heterocycles. The van der Waals surface area contributed by atoms with Gasteiger partial charge in [-0.25, -0.2) is 0 Å². The summed E-state index contributed by atoms with van der Waals surface area (Å²) in [5, 5.41) is 0. The number of allylic oxidation sites excluding steroid dienone is 14. The molecule has 0 saturated heterocycles. The molecule has 0 bridgehead atoms. The van der Waals surface area contributed by atoms with Crippen LogP contribution >= 0.6 is 0 Å². The maximum atomic E-state index is 4.85. The summed E-state index contributed by atoms with van der Waals surface area (Å²) in [5.41, 5.74) is 17.9. The first-order chi connectivity index (χ1) is 30.2. The molecule has 5 aromatic rings. The minimum Gasteiger partial charge on any atom is -0.293 e.